The van der Waals surface area contributed by atoms with Gasteiger partial charge in [0.05, 0.1) is 18.2 Å². The number of benzene rings is 1. The van der Waals surface area contributed by atoms with E-state index in [4.69, 9.17) is 0 Å². The minimum atomic E-state index is -0.183. The molecule has 3 rings (SSSR count). The first-order valence-electron chi connectivity index (χ1n) is 7.05. The van der Waals surface area contributed by atoms with Gasteiger partial charge in [-0.25, -0.2) is 0 Å². The van der Waals surface area contributed by atoms with Crippen molar-refractivity contribution < 1.29 is 14.4 Å². The first-order valence-corrected chi connectivity index (χ1v) is 8.83. The molecule has 5 nitrogen and oxygen atoms in total. The lowest BCUT2D eigenvalue weighted by Crippen LogP contribution is -2.41. The van der Waals surface area contributed by atoms with Gasteiger partial charge in [0.15, 0.2) is 0 Å². The predicted octanol–water partition coefficient (Wildman–Crippen LogP) is 2.29. The van der Waals surface area contributed by atoms with Crippen LogP contribution in [0.5, 0.6) is 0 Å². The van der Waals surface area contributed by atoms with Crippen LogP contribution in [0.3, 0.4) is 0 Å². The van der Waals surface area contributed by atoms with Crippen molar-refractivity contribution in [2.24, 2.45) is 0 Å². The Kier molecular flexibility index (Phi) is 4.54. The Hall–Kier alpha value is -1.34. The van der Waals surface area contributed by atoms with Gasteiger partial charge in [-0.3, -0.25) is 19.3 Å². The molecule has 1 aromatic carbocycles. The van der Waals surface area contributed by atoms with Gasteiger partial charge in [0.25, 0.3) is 5.24 Å². The van der Waals surface area contributed by atoms with Crippen molar-refractivity contribution in [2.75, 3.05) is 18.8 Å². The van der Waals surface area contributed by atoms with E-state index < -0.39 is 0 Å². The van der Waals surface area contributed by atoms with Crippen molar-refractivity contribution >= 4 is 44.7 Å². The van der Waals surface area contributed by atoms with Crippen LogP contribution in [0.4, 0.5) is 4.79 Å². The average Bonchev–Trinajstić information content (AvgIpc) is 3.08. The van der Waals surface area contributed by atoms with Crippen LogP contribution < -0.4 is 0 Å². The highest BCUT2D eigenvalue weighted by molar-refractivity contribution is 9.10. The lowest BCUT2D eigenvalue weighted by Gasteiger charge is -2.22. The summed E-state index contributed by atoms with van der Waals surface area (Å²) in [5, 5.41) is -0.183. The number of likely N-dealkylation sites (tertiary alicyclic amines) is 1. The third-order valence-electron chi connectivity index (χ3n) is 3.93. The van der Waals surface area contributed by atoms with Crippen LogP contribution in [0.15, 0.2) is 28.7 Å². The van der Waals surface area contributed by atoms with Crippen molar-refractivity contribution in [2.45, 2.75) is 18.9 Å². The molecule has 2 aliphatic heterocycles. The third kappa shape index (κ3) is 3.20. The van der Waals surface area contributed by atoms with Gasteiger partial charge in [-0.05, 0) is 24.1 Å². The van der Waals surface area contributed by atoms with E-state index in [-0.39, 0.29) is 28.8 Å². The monoisotopic (exact) mass is 382 g/mol. The summed E-state index contributed by atoms with van der Waals surface area (Å²) in [6.07, 6.45) is 1.01. The molecule has 7 heteroatoms. The number of imide groups is 1. The van der Waals surface area contributed by atoms with Crippen LogP contribution in [0.25, 0.3) is 0 Å². The van der Waals surface area contributed by atoms with E-state index >= 15 is 0 Å². The summed E-state index contributed by atoms with van der Waals surface area (Å²) in [6, 6.07) is 7.49. The number of nitrogens with zero attached hydrogens (tertiary/aromatic N) is 2. The zero-order valence-electron chi connectivity index (χ0n) is 11.8. The lowest BCUT2D eigenvalue weighted by molar-refractivity contribution is -0.131. The van der Waals surface area contributed by atoms with Gasteiger partial charge in [-0.2, -0.15) is 0 Å². The van der Waals surface area contributed by atoms with Gasteiger partial charge in [0, 0.05) is 17.6 Å². The average molecular weight is 383 g/mol. The Morgan fingerprint density at radius 2 is 2.00 bits per heavy atom. The first kappa shape index (κ1) is 15.6. The molecule has 2 aliphatic rings. The molecule has 0 aliphatic carbocycles. The minimum absolute atomic E-state index is 0.0385. The van der Waals surface area contributed by atoms with E-state index in [0.29, 0.717) is 25.9 Å². The van der Waals surface area contributed by atoms with Gasteiger partial charge < -0.3 is 4.90 Å². The highest BCUT2D eigenvalue weighted by Crippen LogP contribution is 2.26. The molecule has 1 aromatic rings. The predicted molar refractivity (Wildman–Crippen MR) is 87.5 cm³/mol. The van der Waals surface area contributed by atoms with Crippen LogP contribution >= 0.6 is 27.7 Å². The summed E-state index contributed by atoms with van der Waals surface area (Å²) in [5.41, 5.74) is 0.959. The van der Waals surface area contributed by atoms with Crippen molar-refractivity contribution in [3.63, 3.8) is 0 Å². The van der Waals surface area contributed by atoms with Gasteiger partial charge in [0.2, 0.25) is 11.8 Å². The second-order valence-corrected chi connectivity index (χ2v) is 7.25. The molecule has 0 N–H and O–H groups in total. The fourth-order valence-corrected chi connectivity index (χ4v) is 3.83. The van der Waals surface area contributed by atoms with E-state index in [1.165, 1.54) is 4.90 Å². The number of thioether (sulfide) groups is 1. The van der Waals surface area contributed by atoms with Crippen molar-refractivity contribution in [3.05, 3.63) is 34.3 Å². The van der Waals surface area contributed by atoms with E-state index in [0.717, 1.165) is 21.8 Å². The number of rotatable bonds is 3. The van der Waals surface area contributed by atoms with Crippen LogP contribution in [-0.4, -0.2) is 51.7 Å². The molecule has 0 spiro atoms. The molecule has 0 bridgehead atoms. The topological polar surface area (TPSA) is 57.7 Å². The molecule has 1 unspecified atom stereocenters. The molecule has 3 amide bonds. The minimum Gasteiger partial charge on any atom is -0.340 e. The van der Waals surface area contributed by atoms with Crippen LogP contribution in [0, 0.1) is 0 Å². The highest BCUT2D eigenvalue weighted by atomic mass is 79.9. The molecule has 0 saturated carbocycles. The van der Waals surface area contributed by atoms with Crippen LogP contribution in [-0.2, 0) is 16.0 Å². The zero-order valence-corrected chi connectivity index (χ0v) is 14.2. The van der Waals surface area contributed by atoms with E-state index in [1.54, 1.807) is 4.90 Å². The molecule has 0 aromatic heterocycles. The van der Waals surface area contributed by atoms with Gasteiger partial charge in [-0.15, -0.1) is 0 Å². The molecule has 1 atom stereocenters. The first-order chi connectivity index (χ1) is 10.5. The molecule has 116 valence electrons. The Labute approximate surface area is 141 Å². The van der Waals surface area contributed by atoms with Crippen molar-refractivity contribution in [3.8, 4) is 0 Å². The smallest absolute Gasteiger partial charge is 0.289 e. The fourth-order valence-electron chi connectivity index (χ4n) is 2.78. The summed E-state index contributed by atoms with van der Waals surface area (Å²) in [7, 11) is 0. The molecule has 2 saturated heterocycles. The Bertz CT molecular complexity index is 604. The maximum Gasteiger partial charge on any atom is 0.289 e. The summed E-state index contributed by atoms with van der Waals surface area (Å²) in [4.78, 5) is 38.9. The normalized spacial score (nSPS) is 21.8. The Morgan fingerprint density at radius 1 is 1.27 bits per heavy atom. The van der Waals surface area contributed by atoms with E-state index in [1.807, 2.05) is 24.3 Å². The second-order valence-electron chi connectivity index (χ2n) is 5.40. The van der Waals surface area contributed by atoms with E-state index in [2.05, 4.69) is 15.9 Å². The molecule has 2 fully saturated rings. The van der Waals surface area contributed by atoms with Gasteiger partial charge in [-0.1, -0.05) is 39.8 Å². The molecule has 22 heavy (non-hydrogen) atoms. The molecular formula is C15H15BrN2O3S. The fraction of sp³-hybridized carbons (Fsp3) is 0.400. The number of amides is 3. The number of carbonyl (C=O) groups is 3. The SMILES string of the molecule is O=C(Cc1ccc(Br)cc1)N1CCC(N2C(=O)CSC2=O)C1. The largest absolute Gasteiger partial charge is 0.340 e. The van der Waals surface area contributed by atoms with Crippen molar-refractivity contribution in [1.29, 1.82) is 0 Å². The Morgan fingerprint density at radius 3 is 2.64 bits per heavy atom. The molecule has 0 radical (unpaired) electrons. The standard InChI is InChI=1S/C15H15BrN2O3S/c16-11-3-1-10(2-4-11)7-13(19)17-6-5-12(8-17)18-14(20)9-22-15(18)21/h1-4,12H,5-9H2. The summed E-state index contributed by atoms with van der Waals surface area (Å²) in [6.45, 7) is 1.05. The van der Waals surface area contributed by atoms with Crippen LogP contribution in [0.1, 0.15) is 12.0 Å². The summed E-state index contributed by atoms with van der Waals surface area (Å²) >= 11 is 4.41. The van der Waals surface area contributed by atoms with Crippen LogP contribution in [0.2, 0.25) is 0 Å². The number of hydrogen-bond donors (Lipinski definition) is 0. The molecule has 2 heterocycles. The maximum absolute atomic E-state index is 12.3. The number of halogens is 1. The zero-order chi connectivity index (χ0) is 15.7. The van der Waals surface area contributed by atoms with Gasteiger partial charge in [0.1, 0.15) is 0 Å². The summed E-state index contributed by atoms with van der Waals surface area (Å²) < 4.78 is 0.980. The highest BCUT2D eigenvalue weighted by Gasteiger charge is 2.40. The lowest BCUT2D eigenvalue weighted by atomic mass is 10.1. The third-order valence-corrected chi connectivity index (χ3v) is 5.30. The number of hydrogen-bond acceptors (Lipinski definition) is 4. The Balaban J connectivity index is 1.60. The number of carbonyl (C=O) groups excluding carboxylic acids is 3. The second kappa shape index (κ2) is 6.42. The van der Waals surface area contributed by atoms with Gasteiger partial charge >= 0.3 is 0 Å². The van der Waals surface area contributed by atoms with Crippen molar-refractivity contribution in [1.82, 2.24) is 9.80 Å². The molecular weight excluding hydrogens is 368 g/mol. The summed E-state index contributed by atoms with van der Waals surface area (Å²) in [5.74, 6) is 0.126. The maximum atomic E-state index is 12.3. The quantitative estimate of drug-likeness (QED) is 0.804. The van der Waals surface area contributed by atoms with E-state index in [9.17, 15) is 14.4 Å².